The standard InChI is InChI=1S/C10H18O.C9H10FNO2/c1-9(2)7-4-5-10(9,3)8(11)6-7;10-9(11,8(12)13)6-7-4-2-1-3-5-7/h7-8,11H,4-6H2,1-3H3;1-5H,6,11H2,(H,12,13)/t7-,8+,10+;/m1./s1. The molecule has 4 nitrogen and oxygen atoms in total. The van der Waals surface area contributed by atoms with Crippen LogP contribution in [0.1, 0.15) is 45.6 Å². The van der Waals surface area contributed by atoms with Gasteiger partial charge in [0.25, 0.3) is 5.79 Å². The second-order valence-electron chi connectivity index (χ2n) is 7.96. The van der Waals surface area contributed by atoms with Crippen LogP contribution < -0.4 is 5.73 Å². The van der Waals surface area contributed by atoms with Gasteiger partial charge in [0.2, 0.25) is 0 Å². The number of hydrogen-bond donors (Lipinski definition) is 3. The van der Waals surface area contributed by atoms with Gasteiger partial charge in [0.15, 0.2) is 0 Å². The number of rotatable bonds is 3. The van der Waals surface area contributed by atoms with Gasteiger partial charge in [-0.2, -0.15) is 0 Å². The Kier molecular flexibility index (Phi) is 5.07. The predicted octanol–water partition coefficient (Wildman–Crippen LogP) is 3.13. The fourth-order valence-corrected chi connectivity index (χ4v) is 4.13. The summed E-state index contributed by atoms with van der Waals surface area (Å²) < 4.78 is 13.1. The molecule has 1 unspecified atom stereocenters. The Morgan fingerprint density at radius 3 is 2.25 bits per heavy atom. The Balaban J connectivity index is 0.000000175. The largest absolute Gasteiger partial charge is 0.478 e. The Bertz CT molecular complexity index is 588. The number of aliphatic carboxylic acids is 1. The van der Waals surface area contributed by atoms with Crippen LogP contribution in [-0.4, -0.2) is 28.1 Å². The first-order valence-electron chi connectivity index (χ1n) is 8.44. The number of hydrogen-bond acceptors (Lipinski definition) is 3. The van der Waals surface area contributed by atoms with Gasteiger partial charge < -0.3 is 10.2 Å². The number of benzene rings is 1. The number of halogens is 1. The summed E-state index contributed by atoms with van der Waals surface area (Å²) in [5.74, 6) is -3.54. The van der Waals surface area contributed by atoms with Crippen LogP contribution in [0.25, 0.3) is 0 Å². The van der Waals surface area contributed by atoms with Gasteiger partial charge in [-0.25, -0.2) is 9.18 Å². The maximum absolute atomic E-state index is 13.1. The zero-order valence-corrected chi connectivity index (χ0v) is 14.6. The lowest BCUT2D eigenvalue weighted by molar-refractivity contribution is -0.150. The molecule has 3 rings (SSSR count). The van der Waals surface area contributed by atoms with Gasteiger partial charge in [-0.05, 0) is 41.6 Å². The molecule has 4 N–H and O–H groups in total. The summed E-state index contributed by atoms with van der Waals surface area (Å²) in [5, 5.41) is 18.2. The van der Waals surface area contributed by atoms with E-state index in [9.17, 15) is 14.3 Å². The molecule has 0 aromatic heterocycles. The maximum atomic E-state index is 13.1. The van der Waals surface area contributed by atoms with Gasteiger partial charge in [0, 0.05) is 6.42 Å². The van der Waals surface area contributed by atoms with Gasteiger partial charge in [0.1, 0.15) is 0 Å². The topological polar surface area (TPSA) is 83.5 Å². The van der Waals surface area contributed by atoms with E-state index in [4.69, 9.17) is 10.8 Å². The van der Waals surface area contributed by atoms with Crippen molar-refractivity contribution in [3.8, 4) is 0 Å². The van der Waals surface area contributed by atoms with Crippen molar-refractivity contribution in [3.63, 3.8) is 0 Å². The molecule has 0 spiro atoms. The average Bonchev–Trinajstić information content (AvgIpc) is 2.81. The van der Waals surface area contributed by atoms with Gasteiger partial charge in [-0.3, -0.25) is 5.73 Å². The highest BCUT2D eigenvalue weighted by molar-refractivity contribution is 5.76. The highest BCUT2D eigenvalue weighted by Crippen LogP contribution is 2.65. The van der Waals surface area contributed by atoms with Gasteiger partial charge >= 0.3 is 5.97 Å². The summed E-state index contributed by atoms with van der Waals surface area (Å²) in [4.78, 5) is 10.3. The molecule has 2 aliphatic rings. The van der Waals surface area contributed by atoms with Crippen LogP contribution in [0.2, 0.25) is 0 Å². The number of nitrogens with two attached hydrogens (primary N) is 1. The Morgan fingerprint density at radius 2 is 1.92 bits per heavy atom. The van der Waals surface area contributed by atoms with E-state index in [0.717, 1.165) is 12.3 Å². The third-order valence-corrected chi connectivity index (χ3v) is 6.41. The molecule has 1 aromatic rings. The second kappa shape index (κ2) is 6.45. The maximum Gasteiger partial charge on any atom is 0.356 e. The molecule has 2 aliphatic carbocycles. The molecule has 4 atom stereocenters. The zero-order valence-electron chi connectivity index (χ0n) is 14.6. The van der Waals surface area contributed by atoms with Crippen LogP contribution in [-0.2, 0) is 11.2 Å². The van der Waals surface area contributed by atoms with Gasteiger partial charge in [0.05, 0.1) is 6.10 Å². The molecule has 2 bridgehead atoms. The van der Waals surface area contributed by atoms with Crippen LogP contribution in [0, 0.1) is 16.7 Å². The van der Waals surface area contributed by atoms with Crippen molar-refractivity contribution in [2.24, 2.45) is 22.5 Å². The lowest BCUT2D eigenvalue weighted by Crippen LogP contribution is -2.45. The van der Waals surface area contributed by atoms with Crippen molar-refractivity contribution in [2.75, 3.05) is 0 Å². The van der Waals surface area contributed by atoms with E-state index in [0.29, 0.717) is 11.0 Å². The SMILES string of the molecule is CC1(C)[C@@H]2CC[C@@]1(C)[C@@H](O)C2.NC(F)(Cc1ccccc1)C(=O)O. The number of alkyl halides is 1. The average molecular weight is 337 g/mol. The van der Waals surface area contributed by atoms with Crippen LogP contribution in [0.15, 0.2) is 30.3 Å². The molecule has 2 saturated carbocycles. The summed E-state index contributed by atoms with van der Waals surface area (Å²) in [6, 6.07) is 8.43. The molecule has 0 radical (unpaired) electrons. The van der Waals surface area contributed by atoms with Crippen LogP contribution in [0.5, 0.6) is 0 Å². The fraction of sp³-hybridized carbons (Fsp3) is 0.632. The van der Waals surface area contributed by atoms with E-state index in [2.05, 4.69) is 20.8 Å². The van der Waals surface area contributed by atoms with E-state index in [1.54, 1.807) is 30.3 Å². The quantitative estimate of drug-likeness (QED) is 0.740. The van der Waals surface area contributed by atoms with E-state index in [-0.39, 0.29) is 17.9 Å². The summed E-state index contributed by atoms with van der Waals surface area (Å²) in [5.41, 5.74) is 6.09. The molecule has 1 aromatic carbocycles. The van der Waals surface area contributed by atoms with Crippen LogP contribution in [0.4, 0.5) is 4.39 Å². The molecule has 0 amide bonds. The number of aliphatic hydroxyl groups is 1. The first-order valence-corrected chi connectivity index (χ1v) is 8.44. The minimum Gasteiger partial charge on any atom is -0.478 e. The Morgan fingerprint density at radius 1 is 1.33 bits per heavy atom. The van der Waals surface area contributed by atoms with E-state index in [1.165, 1.54) is 12.8 Å². The van der Waals surface area contributed by atoms with E-state index < -0.39 is 11.8 Å². The molecule has 2 fully saturated rings. The minimum atomic E-state index is -2.68. The molecule has 0 saturated heterocycles. The van der Waals surface area contributed by atoms with Crippen molar-refractivity contribution in [2.45, 2.75) is 58.4 Å². The number of aliphatic hydroxyl groups excluding tert-OH is 1. The smallest absolute Gasteiger partial charge is 0.356 e. The third kappa shape index (κ3) is 3.33. The van der Waals surface area contributed by atoms with Crippen LogP contribution >= 0.6 is 0 Å². The van der Waals surface area contributed by atoms with Gasteiger partial charge in [-0.15, -0.1) is 0 Å². The predicted molar refractivity (Wildman–Crippen MR) is 91.0 cm³/mol. The first kappa shape index (κ1) is 18.9. The summed E-state index contributed by atoms with van der Waals surface area (Å²) in [7, 11) is 0. The molecular formula is C19H28FNO3. The minimum absolute atomic E-state index is 0.0313. The van der Waals surface area contributed by atoms with Crippen molar-refractivity contribution in [3.05, 3.63) is 35.9 Å². The number of carbonyl (C=O) groups is 1. The molecule has 134 valence electrons. The van der Waals surface area contributed by atoms with Crippen molar-refractivity contribution in [1.82, 2.24) is 0 Å². The third-order valence-electron chi connectivity index (χ3n) is 6.41. The molecular weight excluding hydrogens is 309 g/mol. The Labute approximate surface area is 142 Å². The van der Waals surface area contributed by atoms with Crippen molar-refractivity contribution in [1.29, 1.82) is 0 Å². The summed E-state index contributed by atoms with van der Waals surface area (Å²) in [6.45, 7) is 6.90. The van der Waals surface area contributed by atoms with Crippen molar-refractivity contribution >= 4 is 5.97 Å². The monoisotopic (exact) mass is 337 g/mol. The zero-order chi connectivity index (χ0) is 18.2. The highest BCUT2D eigenvalue weighted by atomic mass is 19.1. The molecule has 0 aliphatic heterocycles. The van der Waals surface area contributed by atoms with Crippen molar-refractivity contribution < 1.29 is 19.4 Å². The number of fused-ring (bicyclic) bond motifs is 2. The van der Waals surface area contributed by atoms with E-state index in [1.807, 2.05) is 0 Å². The molecule has 24 heavy (non-hydrogen) atoms. The van der Waals surface area contributed by atoms with Crippen LogP contribution in [0.3, 0.4) is 0 Å². The number of carboxylic acids is 1. The Hall–Kier alpha value is -1.46. The summed E-state index contributed by atoms with van der Waals surface area (Å²) in [6.07, 6.45) is 3.26. The van der Waals surface area contributed by atoms with E-state index >= 15 is 0 Å². The molecule has 5 heteroatoms. The lowest BCUT2D eigenvalue weighted by Gasteiger charge is -2.36. The lowest BCUT2D eigenvalue weighted by atomic mass is 9.70. The fourth-order valence-electron chi connectivity index (χ4n) is 4.13. The summed E-state index contributed by atoms with van der Waals surface area (Å²) >= 11 is 0. The highest BCUT2D eigenvalue weighted by Gasteiger charge is 2.60. The first-order chi connectivity index (χ1) is 11.0. The molecule has 0 heterocycles. The number of carboxylic acid groups (broad SMARTS) is 1. The van der Waals surface area contributed by atoms with Gasteiger partial charge in [-0.1, -0.05) is 51.1 Å². The second-order valence-corrected chi connectivity index (χ2v) is 7.96. The normalized spacial score (nSPS) is 32.6.